The molecule has 0 spiro atoms. The number of benzene rings is 3. The van der Waals surface area contributed by atoms with Crippen LogP contribution in [0.25, 0.3) is 10.9 Å². The van der Waals surface area contributed by atoms with Crippen molar-refractivity contribution >= 4 is 28.4 Å². The van der Waals surface area contributed by atoms with E-state index in [4.69, 9.17) is 0 Å². The average Bonchev–Trinajstić information content (AvgIpc) is 2.70. The van der Waals surface area contributed by atoms with Crippen molar-refractivity contribution in [2.45, 2.75) is 13.5 Å². The van der Waals surface area contributed by atoms with Crippen LogP contribution >= 0.6 is 0 Å². The summed E-state index contributed by atoms with van der Waals surface area (Å²) in [5.74, 6) is 0.905. The number of aromatic nitrogens is 2. The first-order chi connectivity index (χ1) is 13.2. The Hall–Kier alpha value is -3.47. The molecular weight excluding hydrogens is 339 g/mol. The molecule has 5 heteroatoms. The molecular formula is C22H19FN4. The molecule has 0 saturated heterocycles. The van der Waals surface area contributed by atoms with Crippen LogP contribution in [0.1, 0.15) is 11.1 Å². The Morgan fingerprint density at radius 1 is 0.852 bits per heavy atom. The molecule has 4 rings (SSSR count). The van der Waals surface area contributed by atoms with Crippen molar-refractivity contribution in [3.8, 4) is 0 Å². The van der Waals surface area contributed by atoms with Gasteiger partial charge in [0.2, 0.25) is 5.95 Å². The van der Waals surface area contributed by atoms with Gasteiger partial charge in [0.25, 0.3) is 0 Å². The van der Waals surface area contributed by atoms with Gasteiger partial charge in [0.05, 0.1) is 5.52 Å². The van der Waals surface area contributed by atoms with E-state index in [1.54, 1.807) is 13.0 Å². The summed E-state index contributed by atoms with van der Waals surface area (Å²) in [5, 5.41) is 7.47. The van der Waals surface area contributed by atoms with Crippen molar-refractivity contribution < 1.29 is 4.39 Å². The minimum atomic E-state index is -0.261. The second kappa shape index (κ2) is 7.41. The van der Waals surface area contributed by atoms with Crippen molar-refractivity contribution in [1.82, 2.24) is 9.97 Å². The molecule has 0 aliphatic heterocycles. The zero-order valence-corrected chi connectivity index (χ0v) is 14.9. The van der Waals surface area contributed by atoms with E-state index < -0.39 is 0 Å². The minimum absolute atomic E-state index is 0.261. The van der Waals surface area contributed by atoms with Gasteiger partial charge in [-0.3, -0.25) is 0 Å². The molecule has 0 aliphatic rings. The smallest absolute Gasteiger partial charge is 0.229 e. The summed E-state index contributed by atoms with van der Waals surface area (Å²) in [6.07, 6.45) is 0. The SMILES string of the molecule is Cc1c(F)cccc1Nc1nc(NCc2ccccc2)c2ccccc2n1. The summed E-state index contributed by atoms with van der Waals surface area (Å²) in [4.78, 5) is 9.20. The van der Waals surface area contributed by atoms with Crippen LogP contribution in [0.5, 0.6) is 0 Å². The number of anilines is 3. The highest BCUT2D eigenvalue weighted by Crippen LogP contribution is 2.26. The number of para-hydroxylation sites is 1. The average molecular weight is 358 g/mol. The maximum absolute atomic E-state index is 13.8. The summed E-state index contributed by atoms with van der Waals surface area (Å²) in [7, 11) is 0. The number of nitrogens with one attached hydrogen (secondary N) is 2. The van der Waals surface area contributed by atoms with Crippen molar-refractivity contribution in [1.29, 1.82) is 0 Å². The highest BCUT2D eigenvalue weighted by molar-refractivity contribution is 5.90. The predicted octanol–water partition coefficient (Wildman–Crippen LogP) is 5.43. The molecule has 0 fully saturated rings. The highest BCUT2D eigenvalue weighted by atomic mass is 19.1. The lowest BCUT2D eigenvalue weighted by Crippen LogP contribution is -2.06. The summed E-state index contributed by atoms with van der Waals surface area (Å²) in [5.41, 5.74) is 3.17. The van der Waals surface area contributed by atoms with Gasteiger partial charge in [0.1, 0.15) is 11.6 Å². The Morgan fingerprint density at radius 3 is 2.48 bits per heavy atom. The van der Waals surface area contributed by atoms with Gasteiger partial charge >= 0.3 is 0 Å². The molecule has 0 amide bonds. The quantitative estimate of drug-likeness (QED) is 0.499. The van der Waals surface area contributed by atoms with E-state index in [-0.39, 0.29) is 5.82 Å². The van der Waals surface area contributed by atoms with Gasteiger partial charge in [-0.25, -0.2) is 9.37 Å². The summed E-state index contributed by atoms with van der Waals surface area (Å²) >= 11 is 0. The molecule has 4 nitrogen and oxygen atoms in total. The fourth-order valence-corrected chi connectivity index (χ4v) is 2.91. The Kier molecular flexibility index (Phi) is 4.66. The van der Waals surface area contributed by atoms with Crippen LogP contribution in [0.15, 0.2) is 72.8 Å². The van der Waals surface area contributed by atoms with Gasteiger partial charge in [0.15, 0.2) is 0 Å². The van der Waals surface area contributed by atoms with Gasteiger partial charge in [-0.2, -0.15) is 4.98 Å². The Bertz CT molecular complexity index is 1080. The van der Waals surface area contributed by atoms with Crippen LogP contribution < -0.4 is 10.6 Å². The monoisotopic (exact) mass is 358 g/mol. The molecule has 2 N–H and O–H groups in total. The molecule has 0 aliphatic carbocycles. The minimum Gasteiger partial charge on any atom is -0.365 e. The lowest BCUT2D eigenvalue weighted by Gasteiger charge is -2.13. The molecule has 1 aromatic heterocycles. The third-order valence-electron chi connectivity index (χ3n) is 4.42. The molecule has 0 saturated carbocycles. The van der Waals surface area contributed by atoms with E-state index in [0.717, 1.165) is 22.3 Å². The van der Waals surface area contributed by atoms with Crippen molar-refractivity contribution in [2.24, 2.45) is 0 Å². The highest BCUT2D eigenvalue weighted by Gasteiger charge is 2.10. The molecule has 0 atom stereocenters. The van der Waals surface area contributed by atoms with Gasteiger partial charge in [-0.15, -0.1) is 0 Å². The molecule has 1 heterocycles. The lowest BCUT2D eigenvalue weighted by molar-refractivity contribution is 0.619. The molecule has 0 unspecified atom stereocenters. The fraction of sp³-hybridized carbons (Fsp3) is 0.0909. The van der Waals surface area contributed by atoms with Crippen molar-refractivity contribution in [3.63, 3.8) is 0 Å². The summed E-state index contributed by atoms with van der Waals surface area (Å²) in [6, 6.07) is 22.9. The molecule has 134 valence electrons. The van der Waals surface area contributed by atoms with E-state index in [9.17, 15) is 4.39 Å². The fourth-order valence-electron chi connectivity index (χ4n) is 2.91. The van der Waals surface area contributed by atoms with Gasteiger partial charge in [0, 0.05) is 23.2 Å². The summed E-state index contributed by atoms with van der Waals surface area (Å²) < 4.78 is 13.8. The number of rotatable bonds is 5. The largest absolute Gasteiger partial charge is 0.365 e. The van der Waals surface area contributed by atoms with Crippen LogP contribution in [0.4, 0.5) is 21.8 Å². The zero-order chi connectivity index (χ0) is 18.6. The van der Waals surface area contributed by atoms with Gasteiger partial charge in [-0.1, -0.05) is 48.5 Å². The van der Waals surface area contributed by atoms with E-state index in [1.807, 2.05) is 48.5 Å². The maximum Gasteiger partial charge on any atom is 0.229 e. The topological polar surface area (TPSA) is 49.8 Å². The first kappa shape index (κ1) is 17.0. The number of nitrogens with zero attached hydrogens (tertiary/aromatic N) is 2. The zero-order valence-electron chi connectivity index (χ0n) is 14.9. The van der Waals surface area contributed by atoms with Crippen LogP contribution in [0, 0.1) is 12.7 Å². The number of hydrogen-bond donors (Lipinski definition) is 2. The third kappa shape index (κ3) is 3.72. The summed E-state index contributed by atoms with van der Waals surface area (Å²) in [6.45, 7) is 2.38. The number of fused-ring (bicyclic) bond motifs is 1. The number of hydrogen-bond acceptors (Lipinski definition) is 4. The van der Waals surface area contributed by atoms with Crippen molar-refractivity contribution in [2.75, 3.05) is 10.6 Å². The van der Waals surface area contributed by atoms with Gasteiger partial charge in [-0.05, 0) is 36.8 Å². The second-order valence-electron chi connectivity index (χ2n) is 6.29. The van der Waals surface area contributed by atoms with Crippen LogP contribution in [-0.2, 0) is 6.54 Å². The van der Waals surface area contributed by atoms with E-state index in [1.165, 1.54) is 6.07 Å². The Labute approximate surface area is 157 Å². The predicted molar refractivity (Wildman–Crippen MR) is 108 cm³/mol. The van der Waals surface area contributed by atoms with E-state index in [0.29, 0.717) is 23.7 Å². The normalized spacial score (nSPS) is 10.7. The lowest BCUT2D eigenvalue weighted by atomic mass is 10.2. The molecule has 4 aromatic rings. The molecule has 0 bridgehead atoms. The molecule has 3 aromatic carbocycles. The molecule has 27 heavy (non-hydrogen) atoms. The Balaban J connectivity index is 1.68. The molecule has 0 radical (unpaired) electrons. The van der Waals surface area contributed by atoms with Crippen molar-refractivity contribution in [3.05, 3.63) is 89.7 Å². The Morgan fingerprint density at radius 2 is 1.63 bits per heavy atom. The van der Waals surface area contributed by atoms with Crippen LogP contribution in [-0.4, -0.2) is 9.97 Å². The van der Waals surface area contributed by atoms with Crippen LogP contribution in [0.2, 0.25) is 0 Å². The number of halogens is 1. The maximum atomic E-state index is 13.8. The standard InChI is InChI=1S/C22H19FN4/c1-15-18(23)11-7-13-19(15)25-22-26-20-12-6-5-10-17(20)21(27-22)24-14-16-8-3-2-4-9-16/h2-13H,14H2,1H3,(H2,24,25,26,27). The van der Waals surface area contributed by atoms with E-state index >= 15 is 0 Å². The third-order valence-corrected chi connectivity index (χ3v) is 4.42. The first-order valence-corrected chi connectivity index (χ1v) is 8.77. The van der Waals surface area contributed by atoms with Gasteiger partial charge < -0.3 is 10.6 Å². The second-order valence-corrected chi connectivity index (χ2v) is 6.29. The van der Waals surface area contributed by atoms with E-state index in [2.05, 4.69) is 32.7 Å². The van der Waals surface area contributed by atoms with Crippen LogP contribution in [0.3, 0.4) is 0 Å². The first-order valence-electron chi connectivity index (χ1n) is 8.77.